The highest BCUT2D eigenvalue weighted by Crippen LogP contribution is 2.47. The predicted octanol–water partition coefficient (Wildman–Crippen LogP) is 3.17. The normalized spacial score (nSPS) is 25.1. The molecular weight excluding hydrogens is 432 g/mol. The Morgan fingerprint density at radius 1 is 1.03 bits per heavy atom. The molecule has 3 N–H and O–H groups in total. The summed E-state index contributed by atoms with van der Waals surface area (Å²) in [5, 5.41) is 15.9. The Labute approximate surface area is 199 Å². The number of nitrogens with one attached hydrogen (secondary N) is 2. The molecule has 2 amide bonds. The molecule has 2 heterocycles. The van der Waals surface area contributed by atoms with Crippen LogP contribution in [0.3, 0.4) is 0 Å². The first kappa shape index (κ1) is 22.9. The molecule has 0 spiro atoms. The highest BCUT2D eigenvalue weighted by molar-refractivity contribution is 5.91. The van der Waals surface area contributed by atoms with Gasteiger partial charge in [-0.3, -0.25) is 9.59 Å². The molecule has 2 aromatic carbocycles. The fourth-order valence-corrected chi connectivity index (χ4v) is 5.03. The van der Waals surface area contributed by atoms with Crippen molar-refractivity contribution in [3.8, 4) is 5.75 Å². The molecule has 1 saturated heterocycles. The molecule has 1 saturated carbocycles. The van der Waals surface area contributed by atoms with Gasteiger partial charge < -0.3 is 25.2 Å². The van der Waals surface area contributed by atoms with E-state index in [1.54, 1.807) is 0 Å². The third-order valence-electron chi connectivity index (χ3n) is 6.95. The van der Waals surface area contributed by atoms with Gasteiger partial charge in [0.2, 0.25) is 11.8 Å². The van der Waals surface area contributed by atoms with E-state index in [0.717, 1.165) is 36.3 Å². The van der Waals surface area contributed by atoms with E-state index >= 15 is 0 Å². The number of amides is 2. The van der Waals surface area contributed by atoms with Crippen molar-refractivity contribution in [2.45, 2.75) is 62.8 Å². The fraction of sp³-hybridized carbons (Fsp3) is 0.481. The molecule has 7 nitrogen and oxygen atoms in total. The minimum absolute atomic E-state index is 0.00306. The average Bonchev–Trinajstić information content (AvgIpc) is 3.57. The maximum absolute atomic E-state index is 12.6. The summed E-state index contributed by atoms with van der Waals surface area (Å²) in [5.74, 6) is 1.27. The van der Waals surface area contributed by atoms with Crippen molar-refractivity contribution in [2.75, 3.05) is 18.5 Å². The Morgan fingerprint density at radius 3 is 2.62 bits per heavy atom. The van der Waals surface area contributed by atoms with Crippen LogP contribution in [0.15, 0.2) is 48.5 Å². The zero-order chi connectivity index (χ0) is 23.5. The van der Waals surface area contributed by atoms with Crippen LogP contribution in [-0.2, 0) is 20.7 Å². The van der Waals surface area contributed by atoms with Crippen molar-refractivity contribution in [2.24, 2.45) is 5.92 Å². The second kappa shape index (κ2) is 10.2. The van der Waals surface area contributed by atoms with Crippen LogP contribution >= 0.6 is 0 Å². The van der Waals surface area contributed by atoms with E-state index in [1.807, 2.05) is 48.5 Å². The van der Waals surface area contributed by atoms with E-state index < -0.39 is 6.10 Å². The molecule has 2 aliphatic heterocycles. The molecular formula is C27H32N2O5. The highest BCUT2D eigenvalue weighted by Gasteiger charge is 2.46. The van der Waals surface area contributed by atoms with Crippen LogP contribution < -0.4 is 15.4 Å². The van der Waals surface area contributed by atoms with Crippen molar-refractivity contribution in [1.29, 1.82) is 0 Å². The van der Waals surface area contributed by atoms with Gasteiger partial charge in [0.05, 0.1) is 19.1 Å². The van der Waals surface area contributed by atoms with Crippen LogP contribution in [0.5, 0.6) is 5.75 Å². The van der Waals surface area contributed by atoms with E-state index in [0.29, 0.717) is 25.3 Å². The molecule has 3 aliphatic rings. The number of aliphatic hydroxyl groups excluding tert-OH is 1. The van der Waals surface area contributed by atoms with Gasteiger partial charge in [-0.2, -0.15) is 0 Å². The number of carbonyl (C=O) groups excluding carboxylic acids is 2. The average molecular weight is 465 g/mol. The zero-order valence-corrected chi connectivity index (χ0v) is 19.2. The third kappa shape index (κ3) is 5.42. The lowest BCUT2D eigenvalue weighted by atomic mass is 9.84. The lowest BCUT2D eigenvalue weighted by Gasteiger charge is -2.37. The molecule has 4 atom stereocenters. The van der Waals surface area contributed by atoms with E-state index in [-0.39, 0.29) is 43.0 Å². The SMILES string of the molecule is O=C(C[C@H]1C[C@H]2c3cc(NC(=O)CC4CC4)ccc3O[C@H]2[C@H](CO)O1)NCCc1ccccc1. The number of hydrogen-bond donors (Lipinski definition) is 3. The van der Waals surface area contributed by atoms with Crippen LogP contribution in [0.1, 0.15) is 49.1 Å². The third-order valence-corrected chi connectivity index (χ3v) is 6.95. The number of aliphatic hydroxyl groups is 1. The lowest BCUT2D eigenvalue weighted by molar-refractivity contribution is -0.142. The topological polar surface area (TPSA) is 96.9 Å². The summed E-state index contributed by atoms with van der Waals surface area (Å²) in [7, 11) is 0. The van der Waals surface area contributed by atoms with Crippen LogP contribution in [0.2, 0.25) is 0 Å². The van der Waals surface area contributed by atoms with Crippen molar-refractivity contribution in [3.05, 3.63) is 59.7 Å². The molecule has 0 bridgehead atoms. The van der Waals surface area contributed by atoms with Gasteiger partial charge in [0.25, 0.3) is 0 Å². The van der Waals surface area contributed by atoms with E-state index in [2.05, 4.69) is 10.6 Å². The first-order chi connectivity index (χ1) is 16.6. The van der Waals surface area contributed by atoms with Crippen molar-refractivity contribution < 1.29 is 24.2 Å². The van der Waals surface area contributed by atoms with Gasteiger partial charge in [-0.1, -0.05) is 30.3 Å². The molecule has 2 fully saturated rings. The monoisotopic (exact) mass is 464 g/mol. The zero-order valence-electron chi connectivity index (χ0n) is 19.2. The smallest absolute Gasteiger partial charge is 0.224 e. The Morgan fingerprint density at radius 2 is 1.85 bits per heavy atom. The van der Waals surface area contributed by atoms with E-state index in [9.17, 15) is 14.7 Å². The number of anilines is 1. The Bertz CT molecular complexity index is 1020. The van der Waals surface area contributed by atoms with Crippen molar-refractivity contribution in [3.63, 3.8) is 0 Å². The molecule has 5 rings (SSSR count). The summed E-state index contributed by atoms with van der Waals surface area (Å²) in [6, 6.07) is 15.7. The summed E-state index contributed by atoms with van der Waals surface area (Å²) in [6.45, 7) is 0.396. The standard InChI is InChI=1S/C27H32N2O5/c30-16-24-27-22(14-20(33-24)15-25(31)28-11-10-17-4-2-1-3-5-17)21-13-19(8-9-23(21)34-27)29-26(32)12-18-6-7-18/h1-5,8-9,13,18,20,22,24,27,30H,6-7,10-12,14-16H2,(H,28,31)(H,29,32)/t20-,22+,24+,27-/m1/s1. The highest BCUT2D eigenvalue weighted by atomic mass is 16.6. The predicted molar refractivity (Wildman–Crippen MR) is 128 cm³/mol. The molecule has 1 aliphatic carbocycles. The summed E-state index contributed by atoms with van der Waals surface area (Å²) < 4.78 is 12.2. The maximum Gasteiger partial charge on any atom is 0.224 e. The summed E-state index contributed by atoms with van der Waals surface area (Å²) in [5.41, 5.74) is 2.95. The molecule has 0 aromatic heterocycles. The molecule has 7 heteroatoms. The van der Waals surface area contributed by atoms with Gasteiger partial charge in [-0.15, -0.1) is 0 Å². The molecule has 2 aromatic rings. The first-order valence-corrected chi connectivity index (χ1v) is 12.3. The summed E-state index contributed by atoms with van der Waals surface area (Å²) in [4.78, 5) is 24.8. The fourth-order valence-electron chi connectivity index (χ4n) is 5.03. The lowest BCUT2D eigenvalue weighted by Crippen LogP contribution is -2.47. The van der Waals surface area contributed by atoms with Crippen LogP contribution in [-0.4, -0.2) is 48.4 Å². The maximum atomic E-state index is 12.6. The minimum atomic E-state index is -0.499. The number of benzene rings is 2. The summed E-state index contributed by atoms with van der Waals surface area (Å²) >= 11 is 0. The Balaban J connectivity index is 1.20. The van der Waals surface area contributed by atoms with Crippen molar-refractivity contribution >= 4 is 17.5 Å². The molecule has 0 unspecified atom stereocenters. The van der Waals surface area contributed by atoms with Crippen LogP contribution in [0.25, 0.3) is 0 Å². The minimum Gasteiger partial charge on any atom is -0.487 e. The first-order valence-electron chi connectivity index (χ1n) is 12.3. The summed E-state index contributed by atoms with van der Waals surface area (Å²) in [6.07, 6.45) is 3.38. The number of rotatable bonds is 9. The van der Waals surface area contributed by atoms with Crippen LogP contribution in [0, 0.1) is 5.92 Å². The molecule has 0 radical (unpaired) electrons. The van der Waals surface area contributed by atoms with Gasteiger partial charge in [-0.25, -0.2) is 0 Å². The second-order valence-corrected chi connectivity index (χ2v) is 9.64. The van der Waals surface area contributed by atoms with Crippen molar-refractivity contribution in [1.82, 2.24) is 5.32 Å². The quantitative estimate of drug-likeness (QED) is 0.530. The largest absolute Gasteiger partial charge is 0.487 e. The number of carbonyl (C=O) groups is 2. The van der Waals surface area contributed by atoms with E-state index in [4.69, 9.17) is 9.47 Å². The van der Waals surface area contributed by atoms with E-state index in [1.165, 1.54) is 5.56 Å². The number of hydrogen-bond acceptors (Lipinski definition) is 5. The Kier molecular flexibility index (Phi) is 6.83. The van der Waals surface area contributed by atoms with Gasteiger partial charge in [0.1, 0.15) is 18.0 Å². The van der Waals surface area contributed by atoms with Crippen LogP contribution in [0.4, 0.5) is 5.69 Å². The van der Waals surface area contributed by atoms with Gasteiger partial charge >= 0.3 is 0 Å². The van der Waals surface area contributed by atoms with Gasteiger partial charge in [0.15, 0.2) is 0 Å². The molecule has 34 heavy (non-hydrogen) atoms. The van der Waals surface area contributed by atoms with Gasteiger partial charge in [-0.05, 0) is 55.4 Å². The van der Waals surface area contributed by atoms with Gasteiger partial charge in [0, 0.05) is 30.1 Å². The number of fused-ring (bicyclic) bond motifs is 3. The molecule has 180 valence electrons. The Hall–Kier alpha value is -2.90. The second-order valence-electron chi connectivity index (χ2n) is 9.64. The number of ether oxygens (including phenoxy) is 2.